The zero-order valence-corrected chi connectivity index (χ0v) is 12.3. The maximum Gasteiger partial charge on any atom is 0.339 e. The predicted molar refractivity (Wildman–Crippen MR) is 81.5 cm³/mol. The van der Waals surface area contributed by atoms with Crippen LogP contribution >= 0.6 is 11.3 Å². The number of rotatable bonds is 3. The van der Waals surface area contributed by atoms with Crippen molar-refractivity contribution in [3.63, 3.8) is 0 Å². The molecule has 104 valence electrons. The molecule has 1 aliphatic heterocycles. The van der Waals surface area contributed by atoms with Crippen LogP contribution in [0.3, 0.4) is 0 Å². The number of para-hydroxylation sites is 1. The lowest BCUT2D eigenvalue weighted by molar-refractivity contribution is 0.0525. The Hall–Kier alpha value is -1.81. The van der Waals surface area contributed by atoms with Crippen molar-refractivity contribution in [2.24, 2.45) is 0 Å². The summed E-state index contributed by atoms with van der Waals surface area (Å²) in [6, 6.07) is 10.4. The minimum atomic E-state index is -0.182. The van der Waals surface area contributed by atoms with Crippen molar-refractivity contribution in [3.05, 3.63) is 51.7 Å². The number of thiophene rings is 1. The van der Waals surface area contributed by atoms with E-state index in [1.54, 1.807) is 11.3 Å². The highest BCUT2D eigenvalue weighted by Gasteiger charge is 2.24. The van der Waals surface area contributed by atoms with Crippen molar-refractivity contribution in [1.29, 1.82) is 0 Å². The second-order valence-electron chi connectivity index (χ2n) is 4.78. The van der Waals surface area contributed by atoms with E-state index in [1.165, 1.54) is 16.1 Å². The van der Waals surface area contributed by atoms with Gasteiger partial charge in [-0.15, -0.1) is 11.3 Å². The van der Waals surface area contributed by atoms with Gasteiger partial charge in [0.15, 0.2) is 0 Å². The van der Waals surface area contributed by atoms with E-state index in [1.807, 2.05) is 18.4 Å². The molecule has 0 N–H and O–H groups in total. The van der Waals surface area contributed by atoms with Crippen LogP contribution in [0.1, 0.15) is 27.7 Å². The van der Waals surface area contributed by atoms with Gasteiger partial charge in [-0.1, -0.05) is 18.2 Å². The van der Waals surface area contributed by atoms with Gasteiger partial charge in [0.2, 0.25) is 0 Å². The highest BCUT2D eigenvalue weighted by molar-refractivity contribution is 7.10. The molecule has 1 aromatic heterocycles. The first-order chi connectivity index (χ1) is 9.79. The number of esters is 1. The Kier molecular flexibility index (Phi) is 3.74. The molecule has 0 unspecified atom stereocenters. The number of nitrogens with zero attached hydrogens (tertiary/aromatic N) is 1. The average Bonchev–Trinajstić information content (AvgIpc) is 2.91. The Labute approximate surface area is 122 Å². The van der Waals surface area contributed by atoms with E-state index < -0.39 is 0 Å². The first kappa shape index (κ1) is 13.2. The van der Waals surface area contributed by atoms with Crippen LogP contribution in [0.5, 0.6) is 0 Å². The lowest BCUT2D eigenvalue weighted by Gasteiger charge is -2.29. The number of anilines is 1. The largest absolute Gasteiger partial charge is 0.462 e. The molecule has 1 aromatic carbocycles. The molecule has 2 heterocycles. The van der Waals surface area contributed by atoms with Gasteiger partial charge >= 0.3 is 5.97 Å². The topological polar surface area (TPSA) is 29.5 Å². The van der Waals surface area contributed by atoms with Gasteiger partial charge in [0.25, 0.3) is 0 Å². The van der Waals surface area contributed by atoms with E-state index >= 15 is 0 Å². The third kappa shape index (κ3) is 2.43. The lowest BCUT2D eigenvalue weighted by Crippen LogP contribution is -2.30. The van der Waals surface area contributed by atoms with Gasteiger partial charge in [-0.05, 0) is 31.0 Å². The highest BCUT2D eigenvalue weighted by Crippen LogP contribution is 2.31. The number of hydrogen-bond donors (Lipinski definition) is 0. The molecule has 20 heavy (non-hydrogen) atoms. The molecule has 3 rings (SSSR count). The fourth-order valence-corrected chi connectivity index (χ4v) is 3.65. The molecule has 1 aliphatic rings. The van der Waals surface area contributed by atoms with Crippen molar-refractivity contribution in [2.75, 3.05) is 18.1 Å². The molecule has 0 fully saturated rings. The van der Waals surface area contributed by atoms with E-state index in [0.717, 1.165) is 25.1 Å². The molecular weight excluding hydrogens is 270 g/mol. The molecule has 4 heteroatoms. The third-order valence-electron chi connectivity index (χ3n) is 3.56. The summed E-state index contributed by atoms with van der Waals surface area (Å²) in [4.78, 5) is 15.5. The molecule has 0 amide bonds. The van der Waals surface area contributed by atoms with Gasteiger partial charge in [0.1, 0.15) is 0 Å². The van der Waals surface area contributed by atoms with Crippen LogP contribution < -0.4 is 4.90 Å². The van der Waals surface area contributed by atoms with Gasteiger partial charge in [-0.3, -0.25) is 0 Å². The van der Waals surface area contributed by atoms with Gasteiger partial charge in [0, 0.05) is 22.5 Å². The smallest absolute Gasteiger partial charge is 0.339 e. The lowest BCUT2D eigenvalue weighted by atomic mass is 10.0. The fourth-order valence-electron chi connectivity index (χ4n) is 2.57. The Morgan fingerprint density at radius 2 is 2.15 bits per heavy atom. The summed E-state index contributed by atoms with van der Waals surface area (Å²) in [7, 11) is 0. The minimum Gasteiger partial charge on any atom is -0.462 e. The van der Waals surface area contributed by atoms with E-state index in [9.17, 15) is 4.79 Å². The molecular formula is C16H17NO2S. The second kappa shape index (κ2) is 5.67. The fraction of sp³-hybridized carbons (Fsp3) is 0.312. The van der Waals surface area contributed by atoms with Gasteiger partial charge in [-0.25, -0.2) is 4.79 Å². The molecule has 0 bridgehead atoms. The SMILES string of the molecule is CCOC(=O)c1csc2c1CCN(c1ccccc1)C2. The van der Waals surface area contributed by atoms with Crippen molar-refractivity contribution < 1.29 is 9.53 Å². The number of fused-ring (bicyclic) bond motifs is 1. The Morgan fingerprint density at radius 3 is 2.90 bits per heavy atom. The molecule has 2 aromatic rings. The van der Waals surface area contributed by atoms with Crippen LogP contribution in [0.2, 0.25) is 0 Å². The number of carbonyl (C=O) groups is 1. The highest BCUT2D eigenvalue weighted by atomic mass is 32.1. The third-order valence-corrected chi connectivity index (χ3v) is 4.58. The molecule has 0 spiro atoms. The van der Waals surface area contributed by atoms with Crippen LogP contribution in [-0.2, 0) is 17.7 Å². The number of benzene rings is 1. The minimum absolute atomic E-state index is 0.182. The first-order valence-corrected chi connectivity index (χ1v) is 7.74. The standard InChI is InChI=1S/C16H17NO2S/c1-2-19-16(18)14-11-20-15-10-17(9-8-13(14)15)12-6-4-3-5-7-12/h3-7,11H,2,8-10H2,1H3. The molecule has 0 atom stereocenters. The van der Waals surface area contributed by atoms with Crippen LogP contribution in [0.4, 0.5) is 5.69 Å². The second-order valence-corrected chi connectivity index (χ2v) is 5.74. The van der Waals surface area contributed by atoms with Crippen LogP contribution in [0.15, 0.2) is 35.7 Å². The van der Waals surface area contributed by atoms with E-state index in [0.29, 0.717) is 6.61 Å². The van der Waals surface area contributed by atoms with E-state index in [-0.39, 0.29) is 5.97 Å². The Morgan fingerprint density at radius 1 is 1.35 bits per heavy atom. The summed E-state index contributed by atoms with van der Waals surface area (Å²) in [5.41, 5.74) is 3.18. The van der Waals surface area contributed by atoms with E-state index in [4.69, 9.17) is 4.74 Å². The number of ether oxygens (including phenoxy) is 1. The summed E-state index contributed by atoms with van der Waals surface area (Å²) in [6.45, 7) is 4.09. The average molecular weight is 287 g/mol. The number of carbonyl (C=O) groups excluding carboxylic acids is 1. The van der Waals surface area contributed by atoms with Crippen molar-refractivity contribution in [3.8, 4) is 0 Å². The van der Waals surface area contributed by atoms with Gasteiger partial charge in [-0.2, -0.15) is 0 Å². The van der Waals surface area contributed by atoms with Crippen LogP contribution in [0.25, 0.3) is 0 Å². The molecule has 0 aliphatic carbocycles. The molecule has 3 nitrogen and oxygen atoms in total. The Balaban J connectivity index is 1.82. The predicted octanol–water partition coefficient (Wildman–Crippen LogP) is 3.49. The molecule has 0 saturated carbocycles. The van der Waals surface area contributed by atoms with Crippen molar-refractivity contribution in [1.82, 2.24) is 0 Å². The van der Waals surface area contributed by atoms with Crippen LogP contribution in [-0.4, -0.2) is 19.1 Å². The monoisotopic (exact) mass is 287 g/mol. The van der Waals surface area contributed by atoms with Crippen molar-refractivity contribution in [2.45, 2.75) is 19.9 Å². The van der Waals surface area contributed by atoms with E-state index in [2.05, 4.69) is 29.2 Å². The zero-order chi connectivity index (χ0) is 13.9. The van der Waals surface area contributed by atoms with Crippen molar-refractivity contribution >= 4 is 23.0 Å². The van der Waals surface area contributed by atoms with Gasteiger partial charge < -0.3 is 9.64 Å². The quantitative estimate of drug-likeness (QED) is 0.809. The Bertz CT molecular complexity index is 606. The molecule has 0 saturated heterocycles. The summed E-state index contributed by atoms with van der Waals surface area (Å²) in [5, 5.41) is 1.94. The maximum absolute atomic E-state index is 11.9. The zero-order valence-electron chi connectivity index (χ0n) is 11.5. The first-order valence-electron chi connectivity index (χ1n) is 6.86. The van der Waals surface area contributed by atoms with Crippen LogP contribution in [0, 0.1) is 0 Å². The summed E-state index contributed by atoms with van der Waals surface area (Å²) in [5.74, 6) is -0.182. The normalized spacial score (nSPS) is 13.9. The maximum atomic E-state index is 11.9. The summed E-state index contributed by atoms with van der Waals surface area (Å²) in [6.07, 6.45) is 0.905. The van der Waals surface area contributed by atoms with Gasteiger partial charge in [0.05, 0.1) is 18.7 Å². The molecule has 0 radical (unpaired) electrons. The summed E-state index contributed by atoms with van der Waals surface area (Å²) >= 11 is 1.66. The number of hydrogen-bond acceptors (Lipinski definition) is 4. The summed E-state index contributed by atoms with van der Waals surface area (Å²) < 4.78 is 5.12.